The average Bonchev–Trinajstić information content (AvgIpc) is 2.70. The van der Waals surface area contributed by atoms with Crippen LogP contribution in [0, 0.1) is 0 Å². The van der Waals surface area contributed by atoms with Crippen LogP contribution in [-0.2, 0) is 0 Å². The van der Waals surface area contributed by atoms with Crippen molar-refractivity contribution in [2.24, 2.45) is 0 Å². The van der Waals surface area contributed by atoms with Crippen molar-refractivity contribution >= 4 is 39.0 Å². The van der Waals surface area contributed by atoms with Crippen LogP contribution in [-0.4, -0.2) is 22.6 Å². The smallest absolute Gasteiger partial charge is 0.225 e. The summed E-state index contributed by atoms with van der Waals surface area (Å²) in [6.07, 6.45) is 5.08. The molecule has 1 aliphatic rings. The highest BCUT2D eigenvalue weighted by Gasteiger charge is 2.21. The Bertz CT molecular complexity index is 554. The summed E-state index contributed by atoms with van der Waals surface area (Å²) < 4.78 is 0. The Morgan fingerprint density at radius 1 is 1.33 bits per heavy atom. The minimum absolute atomic E-state index is 0.358. The maximum atomic E-state index is 6.05. The van der Waals surface area contributed by atoms with E-state index in [1.165, 1.54) is 25.7 Å². The predicted molar refractivity (Wildman–Crippen MR) is 77.7 cm³/mol. The van der Waals surface area contributed by atoms with Gasteiger partial charge in [-0.3, -0.25) is 0 Å². The highest BCUT2D eigenvalue weighted by molar-refractivity contribution is 7.16. The third kappa shape index (κ3) is 2.19. The van der Waals surface area contributed by atoms with Gasteiger partial charge in [0.15, 0.2) is 0 Å². The molecule has 96 valence electrons. The van der Waals surface area contributed by atoms with Crippen molar-refractivity contribution < 1.29 is 0 Å². The lowest BCUT2D eigenvalue weighted by atomic mass is 10.1. The summed E-state index contributed by atoms with van der Waals surface area (Å²) in [5.41, 5.74) is 0. The van der Waals surface area contributed by atoms with Crippen LogP contribution in [0.2, 0.25) is 5.28 Å². The molecular formula is C13H16ClN3S. The number of fused-ring (bicyclic) bond motifs is 1. The molecular weight excluding hydrogens is 266 g/mol. The minimum Gasteiger partial charge on any atom is -0.353 e. The fraction of sp³-hybridized carbons (Fsp3) is 0.538. The summed E-state index contributed by atoms with van der Waals surface area (Å²) in [4.78, 5) is 12.1. The molecule has 0 spiro atoms. The molecule has 0 N–H and O–H groups in total. The second-order valence-electron chi connectivity index (χ2n) is 4.85. The van der Waals surface area contributed by atoms with Crippen LogP contribution in [0.15, 0.2) is 11.4 Å². The van der Waals surface area contributed by atoms with Crippen LogP contribution in [0.4, 0.5) is 5.82 Å². The van der Waals surface area contributed by atoms with Crippen molar-refractivity contribution in [3.8, 4) is 0 Å². The second-order valence-corrected chi connectivity index (χ2v) is 6.08. The average molecular weight is 282 g/mol. The lowest BCUT2D eigenvalue weighted by molar-refractivity contribution is 0.612. The van der Waals surface area contributed by atoms with E-state index in [0.29, 0.717) is 11.3 Å². The maximum absolute atomic E-state index is 6.05. The first-order valence-electron chi connectivity index (χ1n) is 6.43. The number of nitrogens with zero attached hydrogens (tertiary/aromatic N) is 3. The molecule has 0 radical (unpaired) electrons. The monoisotopic (exact) mass is 281 g/mol. The van der Waals surface area contributed by atoms with Crippen molar-refractivity contribution in [3.63, 3.8) is 0 Å². The predicted octanol–water partition coefficient (Wildman–Crippen LogP) is 4.11. The highest BCUT2D eigenvalue weighted by Crippen LogP contribution is 2.32. The van der Waals surface area contributed by atoms with Crippen LogP contribution in [0.1, 0.15) is 32.6 Å². The van der Waals surface area contributed by atoms with Crippen LogP contribution in [0.25, 0.3) is 10.2 Å². The zero-order valence-corrected chi connectivity index (χ0v) is 12.0. The van der Waals surface area contributed by atoms with Crippen molar-refractivity contribution in [1.29, 1.82) is 0 Å². The normalized spacial score (nSPS) is 21.2. The molecule has 0 amide bonds. The third-order valence-corrected chi connectivity index (χ3v) is 4.58. The lowest BCUT2D eigenvalue weighted by Crippen LogP contribution is -2.33. The Morgan fingerprint density at radius 2 is 2.22 bits per heavy atom. The lowest BCUT2D eigenvalue weighted by Gasteiger charge is -2.28. The van der Waals surface area contributed by atoms with E-state index in [2.05, 4.69) is 33.2 Å². The summed E-state index contributed by atoms with van der Waals surface area (Å²) in [7, 11) is 0. The van der Waals surface area contributed by atoms with Gasteiger partial charge in [-0.2, -0.15) is 4.98 Å². The van der Waals surface area contributed by atoms with Gasteiger partial charge >= 0.3 is 0 Å². The van der Waals surface area contributed by atoms with E-state index in [1.807, 2.05) is 0 Å². The van der Waals surface area contributed by atoms with Crippen molar-refractivity contribution in [2.75, 3.05) is 11.4 Å². The summed E-state index contributed by atoms with van der Waals surface area (Å²) >= 11 is 7.67. The van der Waals surface area contributed by atoms with E-state index in [4.69, 9.17) is 11.6 Å². The van der Waals surface area contributed by atoms with E-state index < -0.39 is 0 Å². The van der Waals surface area contributed by atoms with Crippen LogP contribution in [0.3, 0.4) is 0 Å². The number of hydrogen-bond donors (Lipinski definition) is 0. The highest BCUT2D eigenvalue weighted by atomic mass is 35.5. The zero-order chi connectivity index (χ0) is 12.5. The Balaban J connectivity index is 2.08. The molecule has 3 nitrogen and oxygen atoms in total. The second kappa shape index (κ2) is 5.02. The molecule has 2 aromatic heterocycles. The van der Waals surface area contributed by atoms with Gasteiger partial charge in [0.25, 0.3) is 0 Å². The van der Waals surface area contributed by atoms with Crippen LogP contribution < -0.4 is 4.90 Å². The molecule has 0 bridgehead atoms. The van der Waals surface area contributed by atoms with Gasteiger partial charge in [-0.05, 0) is 42.8 Å². The first-order valence-corrected chi connectivity index (χ1v) is 7.69. The van der Waals surface area contributed by atoms with Crippen molar-refractivity contribution in [1.82, 2.24) is 9.97 Å². The van der Waals surface area contributed by atoms with Gasteiger partial charge in [-0.15, -0.1) is 11.3 Å². The van der Waals surface area contributed by atoms with Crippen LogP contribution >= 0.6 is 22.9 Å². The summed E-state index contributed by atoms with van der Waals surface area (Å²) in [5.74, 6) is 1.01. The number of rotatable bonds is 1. The Kier molecular flexibility index (Phi) is 3.39. The molecule has 2 aromatic rings. The quantitative estimate of drug-likeness (QED) is 0.737. The van der Waals surface area contributed by atoms with Gasteiger partial charge in [-0.25, -0.2) is 4.98 Å². The standard InChI is InChI=1S/C13H16ClN3S/c1-9-5-3-2-4-7-17(9)11-10-6-8-18-12(10)16-13(14)15-11/h6,8-9H,2-5,7H2,1H3. The summed E-state index contributed by atoms with van der Waals surface area (Å²) in [6.45, 7) is 3.35. The molecule has 18 heavy (non-hydrogen) atoms. The maximum Gasteiger partial charge on any atom is 0.225 e. The Labute approximate surface area is 116 Å². The molecule has 0 aromatic carbocycles. The summed E-state index contributed by atoms with van der Waals surface area (Å²) in [5, 5.41) is 3.55. The Morgan fingerprint density at radius 3 is 3.11 bits per heavy atom. The fourth-order valence-electron chi connectivity index (χ4n) is 2.62. The van der Waals surface area contributed by atoms with Crippen molar-refractivity contribution in [2.45, 2.75) is 38.6 Å². The van der Waals surface area contributed by atoms with E-state index in [0.717, 1.165) is 22.6 Å². The van der Waals surface area contributed by atoms with E-state index >= 15 is 0 Å². The third-order valence-electron chi connectivity index (χ3n) is 3.60. The molecule has 1 aliphatic heterocycles. The first-order chi connectivity index (χ1) is 8.75. The first kappa shape index (κ1) is 12.2. The van der Waals surface area contributed by atoms with E-state index in [-0.39, 0.29) is 0 Å². The molecule has 0 aliphatic carbocycles. The Hall–Kier alpha value is -0.870. The SMILES string of the molecule is CC1CCCCCN1c1nc(Cl)nc2sccc12. The molecule has 3 heterocycles. The van der Waals surface area contributed by atoms with Gasteiger partial charge in [0.2, 0.25) is 5.28 Å². The number of hydrogen-bond acceptors (Lipinski definition) is 4. The minimum atomic E-state index is 0.358. The van der Waals surface area contributed by atoms with Gasteiger partial charge in [0, 0.05) is 12.6 Å². The topological polar surface area (TPSA) is 29.0 Å². The molecule has 1 unspecified atom stereocenters. The molecule has 1 fully saturated rings. The van der Waals surface area contributed by atoms with Crippen LogP contribution in [0.5, 0.6) is 0 Å². The van der Waals surface area contributed by atoms with E-state index in [1.54, 1.807) is 11.3 Å². The van der Waals surface area contributed by atoms with Gasteiger partial charge in [0.05, 0.1) is 5.39 Å². The van der Waals surface area contributed by atoms with Crippen molar-refractivity contribution in [3.05, 3.63) is 16.7 Å². The van der Waals surface area contributed by atoms with Gasteiger partial charge in [0.1, 0.15) is 10.6 Å². The number of thiophene rings is 1. The molecule has 0 saturated carbocycles. The number of aromatic nitrogens is 2. The van der Waals surface area contributed by atoms with E-state index in [9.17, 15) is 0 Å². The number of halogens is 1. The molecule has 3 rings (SSSR count). The summed E-state index contributed by atoms with van der Waals surface area (Å²) in [6, 6.07) is 2.63. The zero-order valence-electron chi connectivity index (χ0n) is 10.4. The fourth-order valence-corrected chi connectivity index (χ4v) is 3.60. The molecule has 5 heteroatoms. The number of anilines is 1. The largest absolute Gasteiger partial charge is 0.353 e. The molecule has 1 atom stereocenters. The molecule has 1 saturated heterocycles. The van der Waals surface area contributed by atoms with Gasteiger partial charge < -0.3 is 4.90 Å². The van der Waals surface area contributed by atoms with Gasteiger partial charge in [-0.1, -0.05) is 12.8 Å².